The molecule has 1 aromatic carbocycles. The van der Waals surface area contributed by atoms with E-state index in [4.69, 9.17) is 4.74 Å². The Balaban J connectivity index is 1.60. The maximum atomic E-state index is 11.8. The third-order valence-electron chi connectivity index (χ3n) is 3.86. The van der Waals surface area contributed by atoms with Crippen molar-refractivity contribution in [2.24, 2.45) is 0 Å². The zero-order valence-corrected chi connectivity index (χ0v) is 13.6. The van der Waals surface area contributed by atoms with E-state index in [0.717, 1.165) is 18.5 Å². The first-order chi connectivity index (χ1) is 11.2. The summed E-state index contributed by atoms with van der Waals surface area (Å²) in [4.78, 5) is 25.2. The number of hydrogen-bond donors (Lipinski definition) is 2. The van der Waals surface area contributed by atoms with Crippen LogP contribution in [0.2, 0.25) is 0 Å². The molecule has 126 valence electrons. The molecule has 0 bridgehead atoms. The Morgan fingerprint density at radius 2 is 1.91 bits per heavy atom. The van der Waals surface area contributed by atoms with E-state index in [1.54, 1.807) is 4.90 Å². The zero-order chi connectivity index (χ0) is 16.5. The minimum atomic E-state index is -0.229. The molecule has 23 heavy (non-hydrogen) atoms. The van der Waals surface area contributed by atoms with Crippen molar-refractivity contribution in [1.82, 2.24) is 10.2 Å². The van der Waals surface area contributed by atoms with E-state index in [1.165, 1.54) is 0 Å². The Morgan fingerprint density at radius 1 is 1.22 bits per heavy atom. The molecular weight excluding hydrogens is 294 g/mol. The average Bonchev–Trinajstić information content (AvgIpc) is 2.56. The lowest BCUT2D eigenvalue weighted by molar-refractivity contribution is -0.116. The van der Waals surface area contributed by atoms with E-state index in [2.05, 4.69) is 10.6 Å². The van der Waals surface area contributed by atoms with Crippen molar-refractivity contribution in [2.45, 2.75) is 32.2 Å². The van der Waals surface area contributed by atoms with Crippen LogP contribution >= 0.6 is 0 Å². The Morgan fingerprint density at radius 3 is 2.57 bits per heavy atom. The van der Waals surface area contributed by atoms with Crippen LogP contribution in [0.25, 0.3) is 0 Å². The third-order valence-corrected chi connectivity index (χ3v) is 3.86. The lowest BCUT2D eigenvalue weighted by atomic mass is 10.1. The van der Waals surface area contributed by atoms with Gasteiger partial charge in [-0.15, -0.1) is 0 Å². The fraction of sp³-hybridized carbons (Fsp3) is 0.529. The largest absolute Gasteiger partial charge is 0.450 e. The van der Waals surface area contributed by atoms with Crippen LogP contribution in [-0.2, 0) is 9.53 Å². The minimum absolute atomic E-state index is 0.00709. The highest BCUT2D eigenvalue weighted by molar-refractivity contribution is 5.90. The summed E-state index contributed by atoms with van der Waals surface area (Å²) >= 11 is 0. The molecule has 1 fully saturated rings. The molecule has 0 aliphatic carbocycles. The van der Waals surface area contributed by atoms with Crippen LogP contribution in [0.3, 0.4) is 0 Å². The molecule has 0 unspecified atom stereocenters. The summed E-state index contributed by atoms with van der Waals surface area (Å²) in [6, 6.07) is 9.80. The number of hydrogen-bond acceptors (Lipinski definition) is 4. The van der Waals surface area contributed by atoms with Gasteiger partial charge in [-0.05, 0) is 31.9 Å². The van der Waals surface area contributed by atoms with Crippen LogP contribution in [0, 0.1) is 0 Å². The predicted octanol–water partition coefficient (Wildman–Crippen LogP) is 2.23. The monoisotopic (exact) mass is 319 g/mol. The van der Waals surface area contributed by atoms with Crippen LogP contribution in [-0.4, -0.2) is 49.2 Å². The molecule has 1 heterocycles. The van der Waals surface area contributed by atoms with Gasteiger partial charge in [0.1, 0.15) is 0 Å². The van der Waals surface area contributed by atoms with Crippen molar-refractivity contribution >= 4 is 17.7 Å². The van der Waals surface area contributed by atoms with Crippen LogP contribution in [0.4, 0.5) is 10.5 Å². The van der Waals surface area contributed by atoms with Gasteiger partial charge in [0.25, 0.3) is 0 Å². The highest BCUT2D eigenvalue weighted by Crippen LogP contribution is 2.11. The molecule has 6 heteroatoms. The second kappa shape index (κ2) is 9.15. The summed E-state index contributed by atoms with van der Waals surface area (Å²) in [5.41, 5.74) is 0.820. The number of amides is 2. The third kappa shape index (κ3) is 5.90. The molecule has 1 aromatic rings. The van der Waals surface area contributed by atoms with E-state index in [0.29, 0.717) is 38.7 Å². The normalized spacial score (nSPS) is 15.3. The van der Waals surface area contributed by atoms with Crippen LogP contribution in [0.5, 0.6) is 0 Å². The number of anilines is 1. The zero-order valence-electron chi connectivity index (χ0n) is 13.6. The summed E-state index contributed by atoms with van der Waals surface area (Å²) in [5.74, 6) is 0.00709. The molecular formula is C17H25N3O3. The molecule has 1 saturated heterocycles. The topological polar surface area (TPSA) is 70.7 Å². The van der Waals surface area contributed by atoms with Crippen molar-refractivity contribution in [2.75, 3.05) is 31.6 Å². The van der Waals surface area contributed by atoms with Gasteiger partial charge in [-0.3, -0.25) is 4.79 Å². The van der Waals surface area contributed by atoms with Gasteiger partial charge in [0.05, 0.1) is 6.61 Å². The van der Waals surface area contributed by atoms with Gasteiger partial charge in [0.15, 0.2) is 0 Å². The van der Waals surface area contributed by atoms with Crippen molar-refractivity contribution in [3.8, 4) is 0 Å². The van der Waals surface area contributed by atoms with Crippen LogP contribution < -0.4 is 10.6 Å². The molecule has 1 aliphatic heterocycles. The Kier molecular flexibility index (Phi) is 6.87. The summed E-state index contributed by atoms with van der Waals surface area (Å²) in [5, 5.41) is 6.26. The molecule has 6 nitrogen and oxygen atoms in total. The molecule has 2 rings (SSSR count). The Hall–Kier alpha value is -2.08. The number of benzene rings is 1. The number of ether oxygens (including phenoxy) is 1. The van der Waals surface area contributed by atoms with Crippen molar-refractivity contribution in [3.63, 3.8) is 0 Å². The van der Waals surface area contributed by atoms with Gasteiger partial charge in [-0.1, -0.05) is 18.2 Å². The van der Waals surface area contributed by atoms with Gasteiger partial charge in [-0.25, -0.2) is 4.79 Å². The standard InChI is InChI=1S/C17H25N3O3/c1-2-23-17(22)20-12-9-14(10-13-20)18-11-8-16(21)19-15-6-4-3-5-7-15/h3-7,14,18H,2,8-13H2,1H3,(H,19,21). The first-order valence-electron chi connectivity index (χ1n) is 8.19. The van der Waals surface area contributed by atoms with E-state index in [1.807, 2.05) is 37.3 Å². The highest BCUT2D eigenvalue weighted by atomic mass is 16.6. The molecule has 1 aliphatic rings. The molecule has 2 amide bonds. The van der Waals surface area contributed by atoms with E-state index < -0.39 is 0 Å². The van der Waals surface area contributed by atoms with Gasteiger partial charge >= 0.3 is 6.09 Å². The first-order valence-corrected chi connectivity index (χ1v) is 8.19. The molecule has 0 atom stereocenters. The SMILES string of the molecule is CCOC(=O)N1CCC(NCCC(=O)Nc2ccccc2)CC1. The van der Waals surface area contributed by atoms with Gasteiger partial charge in [0.2, 0.25) is 5.91 Å². The number of carbonyl (C=O) groups excluding carboxylic acids is 2. The fourth-order valence-electron chi connectivity index (χ4n) is 2.62. The molecule has 2 N–H and O–H groups in total. The maximum Gasteiger partial charge on any atom is 0.409 e. The molecule has 0 saturated carbocycles. The number of nitrogens with one attached hydrogen (secondary N) is 2. The maximum absolute atomic E-state index is 11.8. The number of para-hydroxylation sites is 1. The van der Waals surface area contributed by atoms with Crippen molar-refractivity contribution < 1.29 is 14.3 Å². The Labute approximate surface area is 137 Å². The number of carbonyl (C=O) groups is 2. The molecule has 0 radical (unpaired) electrons. The highest BCUT2D eigenvalue weighted by Gasteiger charge is 2.23. The van der Waals surface area contributed by atoms with Crippen molar-refractivity contribution in [1.29, 1.82) is 0 Å². The summed E-state index contributed by atoms with van der Waals surface area (Å²) in [6.07, 6.45) is 1.98. The second-order valence-corrected chi connectivity index (χ2v) is 5.58. The Bertz CT molecular complexity index is 499. The second-order valence-electron chi connectivity index (χ2n) is 5.58. The number of rotatable bonds is 6. The minimum Gasteiger partial charge on any atom is -0.450 e. The van der Waals surface area contributed by atoms with E-state index in [-0.39, 0.29) is 12.0 Å². The quantitative estimate of drug-likeness (QED) is 0.843. The van der Waals surface area contributed by atoms with Crippen molar-refractivity contribution in [3.05, 3.63) is 30.3 Å². The van der Waals surface area contributed by atoms with E-state index >= 15 is 0 Å². The summed E-state index contributed by atoms with van der Waals surface area (Å²) in [6.45, 7) is 4.27. The predicted molar refractivity (Wildman–Crippen MR) is 89.3 cm³/mol. The lowest BCUT2D eigenvalue weighted by Crippen LogP contribution is -2.45. The first kappa shape index (κ1) is 17.3. The van der Waals surface area contributed by atoms with Crippen LogP contribution in [0.1, 0.15) is 26.2 Å². The number of piperidine rings is 1. The average molecular weight is 319 g/mol. The smallest absolute Gasteiger partial charge is 0.409 e. The van der Waals surface area contributed by atoms with Gasteiger partial charge < -0.3 is 20.3 Å². The van der Waals surface area contributed by atoms with E-state index in [9.17, 15) is 9.59 Å². The number of nitrogens with zero attached hydrogens (tertiary/aromatic N) is 1. The molecule has 0 aromatic heterocycles. The summed E-state index contributed by atoms with van der Waals surface area (Å²) in [7, 11) is 0. The lowest BCUT2D eigenvalue weighted by Gasteiger charge is -2.31. The van der Waals surface area contributed by atoms with Crippen LogP contribution in [0.15, 0.2) is 30.3 Å². The fourth-order valence-corrected chi connectivity index (χ4v) is 2.62. The molecule has 0 spiro atoms. The van der Waals surface area contributed by atoms with Gasteiger partial charge in [0, 0.05) is 37.8 Å². The summed E-state index contributed by atoms with van der Waals surface area (Å²) < 4.78 is 5.00. The van der Waals surface area contributed by atoms with Gasteiger partial charge in [-0.2, -0.15) is 0 Å². The number of likely N-dealkylation sites (tertiary alicyclic amines) is 1.